The van der Waals surface area contributed by atoms with Crippen molar-refractivity contribution in [3.8, 4) is 0 Å². The van der Waals surface area contributed by atoms with Crippen LogP contribution in [0.25, 0.3) is 5.76 Å². The van der Waals surface area contributed by atoms with E-state index < -0.39 is 0 Å². The Hall–Kier alpha value is -2.35. The van der Waals surface area contributed by atoms with Crippen molar-refractivity contribution in [3.05, 3.63) is 77.4 Å². The molecular formula is C20H20O2. The summed E-state index contributed by atoms with van der Waals surface area (Å²) >= 11 is 0. The first kappa shape index (κ1) is 14.6. The van der Waals surface area contributed by atoms with Crippen molar-refractivity contribution in [2.45, 2.75) is 26.9 Å². The monoisotopic (exact) mass is 292 g/mol. The highest BCUT2D eigenvalue weighted by atomic mass is 16.5. The average Bonchev–Trinajstić information content (AvgIpc) is 2.87. The quantitative estimate of drug-likeness (QED) is 0.573. The summed E-state index contributed by atoms with van der Waals surface area (Å²) in [5.41, 5.74) is 2.82. The molecule has 0 bridgehead atoms. The van der Waals surface area contributed by atoms with Crippen LogP contribution in [0.15, 0.2) is 60.7 Å². The molecule has 2 aromatic rings. The molecule has 1 aliphatic heterocycles. The SMILES string of the molecule is CC(C)(C)C1O/C(=C\C(=O)c2ccccc2)c2ccccc21. The smallest absolute Gasteiger partial charge is 0.189 e. The van der Waals surface area contributed by atoms with E-state index in [4.69, 9.17) is 4.74 Å². The molecule has 2 heteroatoms. The lowest BCUT2D eigenvalue weighted by atomic mass is 9.84. The van der Waals surface area contributed by atoms with Crippen LogP contribution in [0.2, 0.25) is 0 Å². The average molecular weight is 292 g/mol. The molecule has 1 atom stereocenters. The Kier molecular flexibility index (Phi) is 3.61. The van der Waals surface area contributed by atoms with E-state index in [0.29, 0.717) is 11.3 Å². The van der Waals surface area contributed by atoms with Gasteiger partial charge in [-0.1, -0.05) is 75.4 Å². The molecule has 0 saturated carbocycles. The molecule has 0 saturated heterocycles. The second kappa shape index (κ2) is 5.45. The van der Waals surface area contributed by atoms with Gasteiger partial charge in [0.15, 0.2) is 5.78 Å². The second-order valence-corrected chi connectivity index (χ2v) is 6.69. The second-order valence-electron chi connectivity index (χ2n) is 6.69. The fourth-order valence-corrected chi connectivity index (χ4v) is 2.76. The standard InChI is InChI=1S/C20H20O2/c1-20(2,3)19-16-12-8-7-11-15(16)18(22-19)13-17(21)14-9-5-4-6-10-14/h4-13,19H,1-3H3/b18-13-. The lowest BCUT2D eigenvalue weighted by molar-refractivity contribution is 0.0739. The Morgan fingerprint density at radius 2 is 1.64 bits per heavy atom. The van der Waals surface area contributed by atoms with Crippen LogP contribution in [0.1, 0.15) is 48.4 Å². The van der Waals surface area contributed by atoms with Crippen molar-refractivity contribution in [1.29, 1.82) is 0 Å². The normalized spacial score (nSPS) is 18.9. The number of benzene rings is 2. The van der Waals surface area contributed by atoms with Crippen molar-refractivity contribution in [2.24, 2.45) is 5.41 Å². The van der Waals surface area contributed by atoms with Crippen molar-refractivity contribution in [3.63, 3.8) is 0 Å². The van der Waals surface area contributed by atoms with E-state index in [-0.39, 0.29) is 17.3 Å². The van der Waals surface area contributed by atoms with Gasteiger partial charge in [-0.15, -0.1) is 0 Å². The lowest BCUT2D eigenvalue weighted by Crippen LogP contribution is -2.17. The van der Waals surface area contributed by atoms with E-state index in [1.54, 1.807) is 6.08 Å². The molecular weight excluding hydrogens is 272 g/mol. The van der Waals surface area contributed by atoms with Crippen LogP contribution in [0, 0.1) is 5.41 Å². The summed E-state index contributed by atoms with van der Waals surface area (Å²) in [5.74, 6) is 0.643. The number of carbonyl (C=O) groups excluding carboxylic acids is 1. The Morgan fingerprint density at radius 1 is 1.00 bits per heavy atom. The molecule has 0 radical (unpaired) electrons. The van der Waals surface area contributed by atoms with Crippen molar-refractivity contribution in [1.82, 2.24) is 0 Å². The zero-order valence-corrected chi connectivity index (χ0v) is 13.2. The van der Waals surface area contributed by atoms with Crippen molar-refractivity contribution in [2.75, 3.05) is 0 Å². The zero-order chi connectivity index (χ0) is 15.7. The van der Waals surface area contributed by atoms with Crippen molar-refractivity contribution < 1.29 is 9.53 Å². The number of rotatable bonds is 2. The minimum absolute atomic E-state index is 0.0263. The first-order chi connectivity index (χ1) is 10.5. The summed E-state index contributed by atoms with van der Waals surface area (Å²) in [4.78, 5) is 12.4. The summed E-state index contributed by atoms with van der Waals surface area (Å²) in [7, 11) is 0. The van der Waals surface area contributed by atoms with Gasteiger partial charge < -0.3 is 4.74 Å². The maximum atomic E-state index is 12.4. The molecule has 1 unspecified atom stereocenters. The molecule has 22 heavy (non-hydrogen) atoms. The van der Waals surface area contributed by atoms with Gasteiger partial charge in [-0.25, -0.2) is 0 Å². The molecule has 0 amide bonds. The minimum atomic E-state index is -0.0291. The highest BCUT2D eigenvalue weighted by Crippen LogP contribution is 2.47. The van der Waals surface area contributed by atoms with Gasteiger partial charge in [0.05, 0.1) is 0 Å². The van der Waals surface area contributed by atoms with Gasteiger partial charge >= 0.3 is 0 Å². The van der Waals surface area contributed by atoms with Gasteiger partial charge in [-0.05, 0) is 0 Å². The van der Waals surface area contributed by atoms with Gasteiger partial charge in [0.25, 0.3) is 0 Å². The van der Waals surface area contributed by atoms with Crippen LogP contribution < -0.4 is 0 Å². The Labute approximate surface area is 131 Å². The molecule has 0 aromatic heterocycles. The summed E-state index contributed by atoms with van der Waals surface area (Å²) in [5, 5.41) is 0. The molecule has 2 nitrogen and oxygen atoms in total. The number of fused-ring (bicyclic) bond motifs is 1. The van der Waals surface area contributed by atoms with Crippen LogP contribution in [-0.4, -0.2) is 5.78 Å². The minimum Gasteiger partial charge on any atom is -0.484 e. The fourth-order valence-electron chi connectivity index (χ4n) is 2.76. The van der Waals surface area contributed by atoms with E-state index >= 15 is 0 Å². The van der Waals surface area contributed by atoms with E-state index in [1.807, 2.05) is 48.5 Å². The van der Waals surface area contributed by atoms with Crippen LogP contribution in [-0.2, 0) is 4.74 Å². The fraction of sp³-hybridized carbons (Fsp3) is 0.250. The lowest BCUT2D eigenvalue weighted by Gasteiger charge is -2.26. The molecule has 0 N–H and O–H groups in total. The van der Waals surface area contributed by atoms with Gasteiger partial charge in [0, 0.05) is 28.2 Å². The largest absolute Gasteiger partial charge is 0.484 e. The molecule has 3 rings (SSSR count). The molecule has 0 spiro atoms. The maximum Gasteiger partial charge on any atom is 0.189 e. The number of hydrogen-bond acceptors (Lipinski definition) is 2. The summed E-state index contributed by atoms with van der Waals surface area (Å²) in [6.07, 6.45) is 1.58. The summed E-state index contributed by atoms with van der Waals surface area (Å²) < 4.78 is 6.13. The van der Waals surface area contributed by atoms with E-state index in [0.717, 1.165) is 11.1 Å². The molecule has 112 valence electrons. The molecule has 1 heterocycles. The molecule has 0 fully saturated rings. The van der Waals surface area contributed by atoms with Crippen LogP contribution in [0.5, 0.6) is 0 Å². The first-order valence-corrected chi connectivity index (χ1v) is 7.54. The van der Waals surface area contributed by atoms with Crippen LogP contribution in [0.3, 0.4) is 0 Å². The third-order valence-electron chi connectivity index (χ3n) is 3.86. The number of allylic oxidation sites excluding steroid dienone is 1. The Bertz CT molecular complexity index is 721. The molecule has 2 aromatic carbocycles. The highest BCUT2D eigenvalue weighted by Gasteiger charge is 2.36. The Balaban J connectivity index is 1.99. The van der Waals surface area contributed by atoms with Gasteiger partial charge in [0.1, 0.15) is 11.9 Å². The third kappa shape index (κ3) is 2.69. The van der Waals surface area contributed by atoms with Crippen LogP contribution in [0.4, 0.5) is 0 Å². The first-order valence-electron chi connectivity index (χ1n) is 7.54. The summed E-state index contributed by atoms with van der Waals surface area (Å²) in [6, 6.07) is 17.4. The maximum absolute atomic E-state index is 12.4. The van der Waals surface area contributed by atoms with Gasteiger partial charge in [-0.2, -0.15) is 0 Å². The van der Waals surface area contributed by atoms with Gasteiger partial charge in [0.2, 0.25) is 0 Å². The van der Waals surface area contributed by atoms with E-state index in [1.165, 1.54) is 0 Å². The highest BCUT2D eigenvalue weighted by molar-refractivity contribution is 6.08. The number of carbonyl (C=O) groups is 1. The predicted molar refractivity (Wildman–Crippen MR) is 88.5 cm³/mol. The molecule has 0 aliphatic carbocycles. The summed E-state index contributed by atoms with van der Waals surface area (Å²) in [6.45, 7) is 6.45. The van der Waals surface area contributed by atoms with Crippen LogP contribution >= 0.6 is 0 Å². The van der Waals surface area contributed by atoms with E-state index in [9.17, 15) is 4.79 Å². The third-order valence-corrected chi connectivity index (χ3v) is 3.86. The Morgan fingerprint density at radius 3 is 2.32 bits per heavy atom. The predicted octanol–water partition coefficient (Wildman–Crippen LogP) is 5.03. The molecule has 1 aliphatic rings. The number of ketones is 1. The topological polar surface area (TPSA) is 26.3 Å². The van der Waals surface area contributed by atoms with Crippen molar-refractivity contribution >= 4 is 11.5 Å². The van der Waals surface area contributed by atoms with E-state index in [2.05, 4.69) is 26.8 Å². The van der Waals surface area contributed by atoms with Gasteiger partial charge in [-0.3, -0.25) is 4.79 Å². The number of ether oxygens (including phenoxy) is 1. The number of hydrogen-bond donors (Lipinski definition) is 0. The zero-order valence-electron chi connectivity index (χ0n) is 13.2.